The predicted octanol–water partition coefficient (Wildman–Crippen LogP) is 1.68. The Balaban J connectivity index is 2.10. The maximum atomic E-state index is 12.4. The highest BCUT2D eigenvalue weighted by molar-refractivity contribution is 5.92. The molecular weight excluding hydrogens is 310 g/mol. The van der Waals surface area contributed by atoms with Crippen LogP contribution in [0.3, 0.4) is 0 Å². The molecule has 1 unspecified atom stereocenters. The van der Waals surface area contributed by atoms with Crippen molar-refractivity contribution in [2.75, 3.05) is 13.1 Å². The largest absolute Gasteiger partial charge is 0.476 e. The topological polar surface area (TPSA) is 104 Å². The van der Waals surface area contributed by atoms with Gasteiger partial charge in [0.1, 0.15) is 5.69 Å². The van der Waals surface area contributed by atoms with Crippen molar-refractivity contribution in [2.24, 2.45) is 0 Å². The van der Waals surface area contributed by atoms with E-state index in [2.05, 4.69) is 9.97 Å². The zero-order valence-electron chi connectivity index (χ0n) is 13.5. The van der Waals surface area contributed by atoms with Gasteiger partial charge in [0.2, 0.25) is 0 Å². The van der Waals surface area contributed by atoms with Gasteiger partial charge in [-0.1, -0.05) is 29.8 Å². The third-order valence-corrected chi connectivity index (χ3v) is 3.61. The van der Waals surface area contributed by atoms with Crippen LogP contribution in [0.2, 0.25) is 0 Å². The predicted molar refractivity (Wildman–Crippen MR) is 86.7 cm³/mol. The van der Waals surface area contributed by atoms with Gasteiger partial charge in [0.15, 0.2) is 5.69 Å². The van der Waals surface area contributed by atoms with E-state index >= 15 is 0 Å². The minimum atomic E-state index is -1.20. The minimum absolute atomic E-state index is 0.0398. The number of aliphatic hydroxyl groups excluding tert-OH is 1. The molecule has 1 atom stereocenters. The molecule has 2 aromatic rings. The molecule has 1 amide bonds. The van der Waals surface area contributed by atoms with Crippen LogP contribution in [0.25, 0.3) is 0 Å². The molecule has 0 saturated carbocycles. The summed E-state index contributed by atoms with van der Waals surface area (Å²) in [4.78, 5) is 32.2. The molecule has 0 fully saturated rings. The Morgan fingerprint density at radius 1 is 1.12 bits per heavy atom. The first-order chi connectivity index (χ1) is 11.4. The SMILES string of the molecule is CCN(CC(O)c1ccc(C)cc1)C(=O)c1cnc(C(=O)O)cn1. The van der Waals surface area contributed by atoms with Crippen LogP contribution < -0.4 is 0 Å². The quantitative estimate of drug-likeness (QED) is 0.835. The first kappa shape index (κ1) is 17.6. The molecule has 0 aliphatic carbocycles. The van der Waals surface area contributed by atoms with Crippen molar-refractivity contribution in [3.8, 4) is 0 Å². The molecule has 7 heteroatoms. The molecular formula is C17H19N3O4. The smallest absolute Gasteiger partial charge is 0.356 e. The Morgan fingerprint density at radius 2 is 1.71 bits per heavy atom. The molecule has 0 saturated heterocycles. The number of aryl methyl sites for hydroxylation is 1. The third kappa shape index (κ3) is 4.14. The molecule has 126 valence electrons. The fraction of sp³-hybridized carbons (Fsp3) is 0.294. The van der Waals surface area contributed by atoms with E-state index in [9.17, 15) is 14.7 Å². The number of carbonyl (C=O) groups excluding carboxylic acids is 1. The molecule has 2 rings (SSSR count). The number of aromatic carboxylic acids is 1. The molecule has 0 aliphatic rings. The normalized spacial score (nSPS) is 11.8. The fourth-order valence-electron chi connectivity index (χ4n) is 2.17. The van der Waals surface area contributed by atoms with Crippen molar-refractivity contribution in [3.63, 3.8) is 0 Å². The summed E-state index contributed by atoms with van der Waals surface area (Å²) in [5.41, 5.74) is 1.62. The van der Waals surface area contributed by atoms with Crippen LogP contribution in [0.15, 0.2) is 36.7 Å². The summed E-state index contributed by atoms with van der Waals surface area (Å²) in [5, 5.41) is 19.1. The fourth-order valence-corrected chi connectivity index (χ4v) is 2.17. The summed E-state index contributed by atoms with van der Waals surface area (Å²) in [6, 6.07) is 7.43. The monoisotopic (exact) mass is 329 g/mol. The molecule has 0 aliphatic heterocycles. The standard InChI is InChI=1S/C17H19N3O4/c1-3-20(10-15(21)12-6-4-11(2)5-7-12)16(22)13-8-19-14(9-18-13)17(23)24/h4-9,15,21H,3,10H2,1-2H3,(H,23,24). The van der Waals surface area contributed by atoms with Crippen molar-refractivity contribution in [1.82, 2.24) is 14.9 Å². The average Bonchev–Trinajstić information content (AvgIpc) is 2.59. The van der Waals surface area contributed by atoms with E-state index in [0.29, 0.717) is 6.54 Å². The van der Waals surface area contributed by atoms with Crippen LogP contribution in [0.1, 0.15) is 45.1 Å². The Labute approximate surface area is 139 Å². The van der Waals surface area contributed by atoms with Crippen LogP contribution in [-0.4, -0.2) is 50.0 Å². The van der Waals surface area contributed by atoms with Gasteiger partial charge >= 0.3 is 5.97 Å². The average molecular weight is 329 g/mol. The molecule has 1 heterocycles. The number of amides is 1. The maximum absolute atomic E-state index is 12.4. The molecule has 24 heavy (non-hydrogen) atoms. The van der Waals surface area contributed by atoms with E-state index in [1.54, 1.807) is 6.92 Å². The van der Waals surface area contributed by atoms with Gasteiger partial charge in [-0.3, -0.25) is 4.79 Å². The van der Waals surface area contributed by atoms with Gasteiger partial charge < -0.3 is 15.1 Å². The number of likely N-dealkylation sites (N-methyl/N-ethyl adjacent to an activating group) is 1. The highest BCUT2D eigenvalue weighted by Gasteiger charge is 2.20. The Bertz CT molecular complexity index is 714. The van der Waals surface area contributed by atoms with Gasteiger partial charge in [0.05, 0.1) is 25.0 Å². The second-order valence-corrected chi connectivity index (χ2v) is 5.36. The molecule has 2 N–H and O–H groups in total. The van der Waals surface area contributed by atoms with Gasteiger partial charge in [-0.05, 0) is 19.4 Å². The summed E-state index contributed by atoms with van der Waals surface area (Å²) in [5.74, 6) is -1.61. The number of aromatic nitrogens is 2. The number of hydrogen-bond acceptors (Lipinski definition) is 5. The Morgan fingerprint density at radius 3 is 2.21 bits per heavy atom. The number of benzene rings is 1. The van der Waals surface area contributed by atoms with Gasteiger partial charge in [0.25, 0.3) is 5.91 Å². The summed E-state index contributed by atoms with van der Waals surface area (Å²) < 4.78 is 0. The summed E-state index contributed by atoms with van der Waals surface area (Å²) in [7, 11) is 0. The lowest BCUT2D eigenvalue weighted by atomic mass is 10.1. The molecule has 0 radical (unpaired) electrons. The lowest BCUT2D eigenvalue weighted by Gasteiger charge is -2.23. The van der Waals surface area contributed by atoms with Crippen LogP contribution >= 0.6 is 0 Å². The van der Waals surface area contributed by atoms with Crippen LogP contribution in [-0.2, 0) is 0 Å². The number of carboxylic acid groups (broad SMARTS) is 1. The summed E-state index contributed by atoms with van der Waals surface area (Å²) >= 11 is 0. The number of hydrogen-bond donors (Lipinski definition) is 2. The van der Waals surface area contributed by atoms with Gasteiger partial charge in [0, 0.05) is 6.54 Å². The summed E-state index contributed by atoms with van der Waals surface area (Å²) in [6.45, 7) is 4.24. The first-order valence-corrected chi connectivity index (χ1v) is 7.51. The first-order valence-electron chi connectivity index (χ1n) is 7.51. The number of carbonyl (C=O) groups is 2. The van der Waals surface area contributed by atoms with Gasteiger partial charge in [-0.25, -0.2) is 14.8 Å². The maximum Gasteiger partial charge on any atom is 0.356 e. The second kappa shape index (κ2) is 7.65. The van der Waals surface area contributed by atoms with E-state index in [4.69, 9.17) is 5.11 Å². The van der Waals surface area contributed by atoms with Gasteiger partial charge in [-0.2, -0.15) is 0 Å². The zero-order valence-corrected chi connectivity index (χ0v) is 13.5. The van der Waals surface area contributed by atoms with E-state index in [1.807, 2.05) is 31.2 Å². The third-order valence-electron chi connectivity index (χ3n) is 3.61. The highest BCUT2D eigenvalue weighted by atomic mass is 16.4. The van der Waals surface area contributed by atoms with E-state index in [1.165, 1.54) is 4.90 Å². The number of aliphatic hydroxyl groups is 1. The van der Waals surface area contributed by atoms with E-state index < -0.39 is 18.0 Å². The number of nitrogens with zero attached hydrogens (tertiary/aromatic N) is 3. The molecule has 1 aromatic carbocycles. The van der Waals surface area contributed by atoms with Crippen molar-refractivity contribution in [3.05, 3.63) is 59.2 Å². The molecule has 1 aromatic heterocycles. The highest BCUT2D eigenvalue weighted by Crippen LogP contribution is 2.16. The Kier molecular flexibility index (Phi) is 5.59. The lowest BCUT2D eigenvalue weighted by Crippen LogP contribution is -2.35. The van der Waals surface area contributed by atoms with Gasteiger partial charge in [-0.15, -0.1) is 0 Å². The molecule has 7 nitrogen and oxygen atoms in total. The van der Waals surface area contributed by atoms with Crippen molar-refractivity contribution < 1.29 is 19.8 Å². The second-order valence-electron chi connectivity index (χ2n) is 5.36. The van der Waals surface area contributed by atoms with Crippen LogP contribution in [0.5, 0.6) is 0 Å². The Hall–Kier alpha value is -2.80. The zero-order chi connectivity index (χ0) is 17.7. The van der Waals surface area contributed by atoms with Crippen molar-refractivity contribution in [1.29, 1.82) is 0 Å². The summed E-state index contributed by atoms with van der Waals surface area (Å²) in [6.07, 6.45) is 1.35. The van der Waals surface area contributed by atoms with E-state index in [0.717, 1.165) is 23.5 Å². The van der Waals surface area contributed by atoms with Crippen molar-refractivity contribution in [2.45, 2.75) is 20.0 Å². The molecule has 0 spiro atoms. The number of carboxylic acids is 1. The number of rotatable bonds is 6. The van der Waals surface area contributed by atoms with Crippen LogP contribution in [0.4, 0.5) is 0 Å². The van der Waals surface area contributed by atoms with E-state index in [-0.39, 0.29) is 17.9 Å². The molecule has 0 bridgehead atoms. The van der Waals surface area contributed by atoms with Crippen LogP contribution in [0, 0.1) is 6.92 Å². The minimum Gasteiger partial charge on any atom is -0.476 e. The van der Waals surface area contributed by atoms with Crippen molar-refractivity contribution >= 4 is 11.9 Å². The lowest BCUT2D eigenvalue weighted by molar-refractivity contribution is 0.0626.